The number of halogens is 4. The van der Waals surface area contributed by atoms with Gasteiger partial charge < -0.3 is 9.72 Å². The molecule has 4 nitrogen and oxygen atoms in total. The highest BCUT2D eigenvalue weighted by Gasteiger charge is 2.32. The number of pyridine rings is 1. The van der Waals surface area contributed by atoms with Gasteiger partial charge >= 0.3 is 12.1 Å². The Hall–Kier alpha value is -1.76. The molecular formula is C13H13ClF3NO3. The predicted molar refractivity (Wildman–Crippen MR) is 72.3 cm³/mol. The van der Waals surface area contributed by atoms with E-state index in [1.54, 1.807) is 0 Å². The first-order chi connectivity index (χ1) is 9.61. The van der Waals surface area contributed by atoms with Crippen LogP contribution in [0.4, 0.5) is 13.2 Å². The van der Waals surface area contributed by atoms with Crippen molar-refractivity contribution in [2.45, 2.75) is 26.9 Å². The molecule has 0 radical (unpaired) electrons. The van der Waals surface area contributed by atoms with Crippen LogP contribution in [0.2, 0.25) is 0 Å². The van der Waals surface area contributed by atoms with E-state index in [-0.39, 0.29) is 17.0 Å². The van der Waals surface area contributed by atoms with E-state index in [1.807, 2.05) is 0 Å². The van der Waals surface area contributed by atoms with Crippen LogP contribution in [-0.2, 0) is 4.74 Å². The van der Waals surface area contributed by atoms with Crippen LogP contribution in [0.15, 0.2) is 11.0 Å². The quantitative estimate of drug-likeness (QED) is 0.842. The molecule has 0 amide bonds. The van der Waals surface area contributed by atoms with Crippen molar-refractivity contribution in [3.8, 4) is 0 Å². The smallest absolute Gasteiger partial charge is 0.413 e. The minimum Gasteiger partial charge on any atom is -0.462 e. The molecule has 0 aliphatic heterocycles. The third kappa shape index (κ3) is 3.66. The third-order valence-electron chi connectivity index (χ3n) is 2.72. The number of esters is 1. The second-order valence-corrected chi connectivity index (χ2v) is 4.73. The molecule has 8 heteroatoms. The van der Waals surface area contributed by atoms with Gasteiger partial charge in [0.05, 0.1) is 17.2 Å². The van der Waals surface area contributed by atoms with E-state index in [0.29, 0.717) is 0 Å². The molecule has 21 heavy (non-hydrogen) atoms. The molecule has 0 saturated carbocycles. The summed E-state index contributed by atoms with van der Waals surface area (Å²) in [6.07, 6.45) is -3.73. The number of H-pyrrole nitrogens is 1. The summed E-state index contributed by atoms with van der Waals surface area (Å²) in [6.45, 7) is 3.61. The minimum atomic E-state index is -4.72. The first-order valence-corrected chi connectivity index (χ1v) is 6.32. The Kier molecular flexibility index (Phi) is 5.22. The molecule has 0 atom stereocenters. The number of nitrogens with one attached hydrogen (secondary N) is 1. The minimum absolute atomic E-state index is 0.00200. The number of ether oxygens (including phenoxy) is 1. The van der Waals surface area contributed by atoms with Crippen LogP contribution in [0.25, 0.3) is 10.6 Å². The highest BCUT2D eigenvalue weighted by Crippen LogP contribution is 2.24. The molecule has 1 rings (SSSR count). The zero-order valence-corrected chi connectivity index (χ0v) is 12.3. The van der Waals surface area contributed by atoms with E-state index in [0.717, 1.165) is 13.1 Å². The topological polar surface area (TPSA) is 59.2 Å². The van der Waals surface area contributed by atoms with Crippen molar-refractivity contribution in [3.05, 3.63) is 32.6 Å². The van der Waals surface area contributed by atoms with Crippen LogP contribution in [-0.4, -0.2) is 23.7 Å². The summed E-state index contributed by atoms with van der Waals surface area (Å²) in [4.78, 5) is 26.2. The maximum atomic E-state index is 12.9. The molecule has 0 unspecified atom stereocenters. The average molecular weight is 324 g/mol. The molecule has 1 aromatic rings. The number of alkyl halides is 3. The number of aromatic nitrogens is 1. The lowest BCUT2D eigenvalue weighted by atomic mass is 10.1. The summed E-state index contributed by atoms with van der Waals surface area (Å²) >= 11 is 5.72. The molecule has 1 N–H and O–H groups in total. The predicted octanol–water partition coefficient (Wildman–Crippen LogP) is 1.65. The summed E-state index contributed by atoms with van der Waals surface area (Å²) in [6, 6.07) is 0. The second kappa shape index (κ2) is 6.34. The number of carbonyl (C=O) groups is 1. The van der Waals surface area contributed by atoms with Crippen LogP contribution < -0.4 is 16.0 Å². The zero-order chi connectivity index (χ0) is 16.4. The molecule has 0 spiro atoms. The van der Waals surface area contributed by atoms with E-state index >= 15 is 0 Å². The average Bonchev–Trinajstić information content (AvgIpc) is 2.36. The molecule has 116 valence electrons. The molecule has 0 aliphatic carbocycles. The van der Waals surface area contributed by atoms with E-state index < -0.39 is 33.9 Å². The van der Waals surface area contributed by atoms with Gasteiger partial charge in [-0.05, 0) is 20.8 Å². The number of carbonyl (C=O) groups excluding carboxylic acids is 1. The van der Waals surface area contributed by atoms with Gasteiger partial charge in [-0.2, -0.15) is 13.2 Å². The van der Waals surface area contributed by atoms with Gasteiger partial charge in [0.2, 0.25) is 5.43 Å². The van der Waals surface area contributed by atoms with Gasteiger partial charge in [-0.15, -0.1) is 0 Å². The maximum Gasteiger partial charge on any atom is 0.413 e. The normalized spacial score (nSPS) is 14.6. The first kappa shape index (κ1) is 17.3. The van der Waals surface area contributed by atoms with Gasteiger partial charge in [0, 0.05) is 16.8 Å². The standard InChI is InChI=1S/C13H13ClF3NO3/c1-4-21-12(20)8-5-18-10(7(3)14)9(11(8)19)6(2)13(15,16)17/h5,18H,4H2,1-3H3/b9-6-,10-7?. The molecule has 0 bridgehead atoms. The van der Waals surface area contributed by atoms with E-state index in [4.69, 9.17) is 11.6 Å². The highest BCUT2D eigenvalue weighted by molar-refractivity contribution is 6.44. The fraction of sp³-hybridized carbons (Fsp3) is 0.385. The van der Waals surface area contributed by atoms with Crippen LogP contribution >= 0.6 is 11.6 Å². The highest BCUT2D eigenvalue weighted by atomic mass is 35.5. The molecule has 1 heterocycles. The first-order valence-electron chi connectivity index (χ1n) is 5.94. The summed E-state index contributed by atoms with van der Waals surface area (Å²) in [5, 5.41) is -0.883. The van der Waals surface area contributed by atoms with Gasteiger partial charge in [-0.1, -0.05) is 11.6 Å². The van der Waals surface area contributed by atoms with E-state index in [9.17, 15) is 22.8 Å². The number of hydrogen-bond donors (Lipinski definition) is 1. The van der Waals surface area contributed by atoms with Crippen LogP contribution in [0.3, 0.4) is 0 Å². The molecule has 0 fully saturated rings. The Balaban J connectivity index is 3.94. The van der Waals surface area contributed by atoms with Crippen molar-refractivity contribution in [1.82, 2.24) is 4.98 Å². The van der Waals surface area contributed by atoms with Gasteiger partial charge in [0.25, 0.3) is 0 Å². The van der Waals surface area contributed by atoms with Crippen molar-refractivity contribution in [2.75, 3.05) is 6.61 Å². The molecule has 1 aromatic heterocycles. The number of hydrogen-bond acceptors (Lipinski definition) is 3. The molecule has 0 saturated heterocycles. The van der Waals surface area contributed by atoms with Gasteiger partial charge in [0.1, 0.15) is 5.56 Å². The summed E-state index contributed by atoms with van der Waals surface area (Å²) < 4.78 is 43.3. The fourth-order valence-electron chi connectivity index (χ4n) is 1.66. The third-order valence-corrected chi connectivity index (χ3v) is 2.91. The summed E-state index contributed by atoms with van der Waals surface area (Å²) in [5.41, 5.74) is -2.71. The number of rotatable bonds is 2. The lowest BCUT2D eigenvalue weighted by molar-refractivity contribution is -0.0711. The monoisotopic (exact) mass is 323 g/mol. The van der Waals surface area contributed by atoms with Gasteiger partial charge in [0.15, 0.2) is 0 Å². The van der Waals surface area contributed by atoms with Crippen molar-refractivity contribution in [2.24, 2.45) is 0 Å². The van der Waals surface area contributed by atoms with E-state index in [2.05, 4.69) is 9.72 Å². The Bertz CT molecular complexity index is 730. The Morgan fingerprint density at radius 3 is 2.38 bits per heavy atom. The Morgan fingerprint density at radius 2 is 1.95 bits per heavy atom. The number of aromatic amines is 1. The maximum absolute atomic E-state index is 12.9. The SMILES string of the molecule is CCOC(=O)c1c[nH]c(=C(C)Cl)/c(=C(\C)C(F)(F)F)c1=O. The molecular weight excluding hydrogens is 311 g/mol. The van der Waals surface area contributed by atoms with Crippen molar-refractivity contribution in [1.29, 1.82) is 0 Å². The van der Waals surface area contributed by atoms with Gasteiger partial charge in [-0.3, -0.25) is 4.79 Å². The van der Waals surface area contributed by atoms with Crippen LogP contribution in [0.5, 0.6) is 0 Å². The van der Waals surface area contributed by atoms with Gasteiger partial charge in [-0.25, -0.2) is 4.79 Å². The Labute approximate surface area is 122 Å². The Morgan fingerprint density at radius 1 is 1.38 bits per heavy atom. The molecule has 0 aliphatic rings. The van der Waals surface area contributed by atoms with Crippen LogP contribution in [0, 0.1) is 0 Å². The van der Waals surface area contributed by atoms with Crippen molar-refractivity contribution >= 4 is 28.2 Å². The lowest BCUT2D eigenvalue weighted by Crippen LogP contribution is -2.47. The molecule has 0 aromatic carbocycles. The van der Waals surface area contributed by atoms with Crippen molar-refractivity contribution in [3.63, 3.8) is 0 Å². The van der Waals surface area contributed by atoms with E-state index in [1.165, 1.54) is 13.8 Å². The zero-order valence-electron chi connectivity index (χ0n) is 11.5. The summed E-state index contributed by atoms with van der Waals surface area (Å²) in [5.74, 6) is -0.992. The fourth-order valence-corrected chi connectivity index (χ4v) is 1.81. The van der Waals surface area contributed by atoms with Crippen LogP contribution in [0.1, 0.15) is 31.1 Å². The summed E-state index contributed by atoms with van der Waals surface area (Å²) in [7, 11) is 0. The lowest BCUT2D eigenvalue weighted by Gasteiger charge is -2.08. The largest absolute Gasteiger partial charge is 0.462 e. The van der Waals surface area contributed by atoms with Crippen molar-refractivity contribution < 1.29 is 22.7 Å². The second-order valence-electron chi connectivity index (χ2n) is 4.16.